The van der Waals surface area contributed by atoms with Crippen LogP contribution in [-0.2, 0) is 37.4 Å². The largest absolute Gasteiger partial charge is 0.472 e. The average Bonchev–Trinajstić information content (AvgIpc) is 4.07. The molecule has 384 valence electrons. The molecule has 1 aliphatic carbocycles. The summed E-state index contributed by atoms with van der Waals surface area (Å²) in [6.07, 6.45) is 36.9. The summed E-state index contributed by atoms with van der Waals surface area (Å²) in [5, 5.41) is 50.3. The molecule has 2 rings (SSSR count). The SMILES string of the molecule is CCCCC/C=C\CC1OC1C/C=C\C/C=C\CCCC(=O)OC[C@H](COP(=O)(O)OC1[C@H](O)[C@H](O)C(O)[C@H](O)[C@H]1O)OC(=O)CCCCCCCC/C=C\C/C=C\C/C=C\CCCCCC. The van der Waals surface area contributed by atoms with Crippen molar-refractivity contribution in [1.82, 2.24) is 0 Å². The normalized spacial score (nSPS) is 24.8. The molecule has 0 aromatic rings. The van der Waals surface area contributed by atoms with Gasteiger partial charge in [0.15, 0.2) is 6.10 Å². The number of aliphatic hydroxyl groups is 5. The van der Waals surface area contributed by atoms with E-state index in [1.54, 1.807) is 0 Å². The number of hydrogen-bond donors (Lipinski definition) is 6. The van der Waals surface area contributed by atoms with E-state index in [2.05, 4.69) is 74.6 Å². The second-order valence-corrected chi connectivity index (χ2v) is 19.1. The van der Waals surface area contributed by atoms with Crippen molar-refractivity contribution in [3.8, 4) is 0 Å². The molecule has 2 aliphatic rings. The molecule has 6 N–H and O–H groups in total. The van der Waals surface area contributed by atoms with Crippen molar-refractivity contribution in [2.24, 2.45) is 0 Å². The van der Waals surface area contributed by atoms with Gasteiger partial charge in [0.05, 0.1) is 18.8 Å². The van der Waals surface area contributed by atoms with E-state index >= 15 is 0 Å². The molecule has 2 fully saturated rings. The lowest BCUT2D eigenvalue weighted by molar-refractivity contribution is -0.220. The summed E-state index contributed by atoms with van der Waals surface area (Å²) >= 11 is 0. The van der Waals surface area contributed by atoms with Gasteiger partial charge < -0.3 is 44.6 Å². The Morgan fingerprint density at radius 1 is 0.522 bits per heavy atom. The van der Waals surface area contributed by atoms with Crippen LogP contribution in [0, 0.1) is 0 Å². The van der Waals surface area contributed by atoms with E-state index in [4.69, 9.17) is 23.3 Å². The molecule has 15 heteroatoms. The summed E-state index contributed by atoms with van der Waals surface area (Å²) in [7, 11) is -5.15. The van der Waals surface area contributed by atoms with Crippen LogP contribution in [0.3, 0.4) is 0 Å². The highest BCUT2D eigenvalue weighted by molar-refractivity contribution is 7.47. The van der Waals surface area contributed by atoms with E-state index in [0.29, 0.717) is 25.4 Å². The number of hydrogen-bond acceptors (Lipinski definition) is 13. The zero-order valence-corrected chi connectivity index (χ0v) is 41.5. The van der Waals surface area contributed by atoms with Gasteiger partial charge in [0.1, 0.15) is 43.2 Å². The van der Waals surface area contributed by atoms with Gasteiger partial charge >= 0.3 is 19.8 Å². The van der Waals surface area contributed by atoms with Crippen molar-refractivity contribution in [1.29, 1.82) is 0 Å². The predicted octanol–water partition coefficient (Wildman–Crippen LogP) is 9.66. The van der Waals surface area contributed by atoms with E-state index in [-0.39, 0.29) is 18.9 Å². The van der Waals surface area contributed by atoms with Crippen molar-refractivity contribution in [3.05, 3.63) is 72.9 Å². The number of carbonyl (C=O) groups is 2. The van der Waals surface area contributed by atoms with Gasteiger partial charge in [-0.25, -0.2) is 4.57 Å². The molecule has 1 saturated carbocycles. The van der Waals surface area contributed by atoms with Crippen LogP contribution >= 0.6 is 7.82 Å². The number of phosphoric acid groups is 1. The van der Waals surface area contributed by atoms with Gasteiger partial charge in [0.25, 0.3) is 0 Å². The Balaban J connectivity index is 1.70. The minimum absolute atomic E-state index is 0.0640. The highest BCUT2D eigenvalue weighted by Crippen LogP contribution is 2.47. The fourth-order valence-electron chi connectivity index (χ4n) is 7.45. The van der Waals surface area contributed by atoms with Gasteiger partial charge in [-0.15, -0.1) is 0 Å². The van der Waals surface area contributed by atoms with Crippen LogP contribution in [0.1, 0.15) is 174 Å². The van der Waals surface area contributed by atoms with Crippen LogP contribution in [0.25, 0.3) is 0 Å². The van der Waals surface area contributed by atoms with Crippen LogP contribution in [0.4, 0.5) is 0 Å². The zero-order chi connectivity index (χ0) is 49.0. The Labute approximate surface area is 401 Å². The fourth-order valence-corrected chi connectivity index (χ4v) is 8.42. The molecule has 1 saturated heterocycles. The Hall–Kier alpha value is -2.75. The van der Waals surface area contributed by atoms with Crippen LogP contribution in [0.2, 0.25) is 0 Å². The molecular weight excluding hydrogens is 880 g/mol. The zero-order valence-electron chi connectivity index (χ0n) is 40.6. The molecule has 0 aromatic carbocycles. The average molecular weight is 967 g/mol. The molecule has 0 bridgehead atoms. The summed E-state index contributed by atoms with van der Waals surface area (Å²) < 4.78 is 39.3. The summed E-state index contributed by atoms with van der Waals surface area (Å²) in [6.45, 7) is 3.19. The number of esters is 2. The number of aliphatic hydroxyl groups excluding tert-OH is 5. The number of allylic oxidation sites excluding steroid dienone is 10. The van der Waals surface area contributed by atoms with Crippen LogP contribution < -0.4 is 0 Å². The first-order valence-electron chi connectivity index (χ1n) is 25.4. The summed E-state index contributed by atoms with van der Waals surface area (Å²) in [5.41, 5.74) is 0. The van der Waals surface area contributed by atoms with Gasteiger partial charge in [0, 0.05) is 12.8 Å². The molecule has 1 heterocycles. The maximum atomic E-state index is 12.9. The lowest BCUT2D eigenvalue weighted by atomic mass is 9.85. The third kappa shape index (κ3) is 29.8. The van der Waals surface area contributed by atoms with Crippen LogP contribution in [-0.4, -0.2) is 111 Å². The highest BCUT2D eigenvalue weighted by atomic mass is 31.2. The second kappa shape index (κ2) is 38.1. The van der Waals surface area contributed by atoms with E-state index in [0.717, 1.165) is 77.0 Å². The Kier molecular flexibility index (Phi) is 34.3. The Morgan fingerprint density at radius 3 is 1.52 bits per heavy atom. The lowest BCUT2D eigenvalue weighted by Crippen LogP contribution is -2.64. The minimum atomic E-state index is -5.15. The Bertz CT molecular complexity index is 1510. The van der Waals surface area contributed by atoms with E-state index in [9.17, 15) is 44.6 Å². The van der Waals surface area contributed by atoms with Crippen LogP contribution in [0.5, 0.6) is 0 Å². The molecule has 0 amide bonds. The van der Waals surface area contributed by atoms with Crippen LogP contribution in [0.15, 0.2) is 72.9 Å². The molecule has 14 nitrogen and oxygen atoms in total. The highest BCUT2D eigenvalue weighted by Gasteiger charge is 2.51. The maximum absolute atomic E-state index is 12.9. The number of phosphoric ester groups is 1. The van der Waals surface area contributed by atoms with Crippen molar-refractivity contribution in [2.75, 3.05) is 13.2 Å². The van der Waals surface area contributed by atoms with Crippen molar-refractivity contribution in [3.63, 3.8) is 0 Å². The number of carbonyl (C=O) groups excluding carboxylic acids is 2. The number of rotatable bonds is 40. The first-order chi connectivity index (χ1) is 32.4. The number of epoxide rings is 1. The van der Waals surface area contributed by atoms with Gasteiger partial charge in [-0.2, -0.15) is 0 Å². The summed E-state index contributed by atoms with van der Waals surface area (Å²) in [4.78, 5) is 35.8. The number of ether oxygens (including phenoxy) is 3. The molecule has 0 spiro atoms. The van der Waals surface area contributed by atoms with E-state index in [1.165, 1.54) is 51.4 Å². The van der Waals surface area contributed by atoms with Crippen molar-refractivity contribution >= 4 is 19.8 Å². The molecule has 67 heavy (non-hydrogen) atoms. The third-order valence-electron chi connectivity index (χ3n) is 11.7. The maximum Gasteiger partial charge on any atom is 0.472 e. The lowest BCUT2D eigenvalue weighted by Gasteiger charge is -2.41. The Morgan fingerprint density at radius 2 is 0.940 bits per heavy atom. The topological polar surface area (TPSA) is 222 Å². The monoisotopic (exact) mass is 967 g/mol. The van der Waals surface area contributed by atoms with E-state index in [1.807, 2.05) is 12.2 Å². The van der Waals surface area contributed by atoms with Gasteiger partial charge in [-0.3, -0.25) is 18.6 Å². The second-order valence-electron chi connectivity index (χ2n) is 17.7. The van der Waals surface area contributed by atoms with Gasteiger partial charge in [-0.05, 0) is 89.9 Å². The first kappa shape index (κ1) is 60.4. The first-order valence-corrected chi connectivity index (χ1v) is 26.9. The smallest absolute Gasteiger partial charge is 0.462 e. The number of unbranched alkanes of at least 4 members (excludes halogenated alkanes) is 14. The van der Waals surface area contributed by atoms with E-state index < -0.39 is 75.7 Å². The summed E-state index contributed by atoms with van der Waals surface area (Å²) in [6, 6.07) is 0. The molecule has 10 atom stereocenters. The van der Waals surface area contributed by atoms with Crippen molar-refractivity contribution in [2.45, 2.75) is 229 Å². The molecule has 1 aliphatic heterocycles. The van der Waals surface area contributed by atoms with Gasteiger partial charge in [-0.1, -0.05) is 145 Å². The fraction of sp³-hybridized carbons (Fsp3) is 0.731. The predicted molar refractivity (Wildman–Crippen MR) is 262 cm³/mol. The summed E-state index contributed by atoms with van der Waals surface area (Å²) in [5.74, 6) is -1.19. The third-order valence-corrected chi connectivity index (χ3v) is 12.7. The van der Waals surface area contributed by atoms with Crippen molar-refractivity contribution < 1.29 is 67.8 Å². The molecule has 5 unspecified atom stereocenters. The minimum Gasteiger partial charge on any atom is -0.462 e. The van der Waals surface area contributed by atoms with Gasteiger partial charge in [0.2, 0.25) is 0 Å². The molecule has 0 aromatic heterocycles. The molecular formula is C52H87O14P. The quantitative estimate of drug-likeness (QED) is 0.0111. The molecule has 0 radical (unpaired) electrons. The standard InChI is InChI=1S/C52H87O14P/c1-3-5-7-9-11-12-13-14-15-16-17-18-19-20-21-22-23-26-31-35-39-46(54)64-42(41-63-67(60,61)66-52-50(58)48(56)47(55)49(57)51(52)59)40-62-45(53)38-34-30-27-24-25-29-33-37-44-43(65-44)36-32-28-10-8-6-4-2/h12-13,15-16,18-19,24,27-29,32-33,42-44,47-52,55-59H,3-11,14,17,20-23,25-26,30-31,34-41H2,1-2H3,(H,60,61)/b13-12-,16-15-,19-18-,27-24-,32-28-,33-29-/t42-,43?,44?,47?,48-,49+,50-,51-,52?/m1/s1.